The Morgan fingerprint density at radius 2 is 1.81 bits per heavy atom. The molecule has 7 heteroatoms. The quantitative estimate of drug-likeness (QED) is 0.580. The number of carbonyl (C=O) groups excluding carboxylic acids is 1. The first-order valence-corrected chi connectivity index (χ1v) is 6.59. The molecule has 0 atom stereocenters. The van der Waals surface area contributed by atoms with E-state index in [1.54, 1.807) is 0 Å². The molecule has 0 aliphatic carbocycles. The fourth-order valence-electron chi connectivity index (χ4n) is 0.978. The Hall–Kier alpha value is -1.76. The lowest BCUT2D eigenvalue weighted by molar-refractivity contribution is -0.384. The summed E-state index contributed by atoms with van der Waals surface area (Å²) in [5, 5.41) is 10.4. The van der Waals surface area contributed by atoms with Crippen LogP contribution in [-0.2, 0) is 9.73 Å². The number of carbonyl (C=O) groups is 1. The smallest absolute Gasteiger partial charge is 0.266 e. The van der Waals surface area contributed by atoms with Gasteiger partial charge >= 0.3 is 0 Å². The zero-order chi connectivity index (χ0) is 12.3. The molecule has 0 aromatic heterocycles. The Labute approximate surface area is 92.6 Å². The summed E-state index contributed by atoms with van der Waals surface area (Å²) in [5.41, 5.74) is 0.0762. The molecule has 1 aromatic carbocycles. The van der Waals surface area contributed by atoms with Crippen LogP contribution in [0.4, 0.5) is 5.69 Å². The van der Waals surface area contributed by atoms with Gasteiger partial charge in [0, 0.05) is 39.9 Å². The van der Waals surface area contributed by atoms with Gasteiger partial charge in [-0.05, 0) is 12.1 Å². The lowest BCUT2D eigenvalue weighted by atomic mass is 10.2. The number of nitro groups is 1. The molecular weight excluding hydrogens is 232 g/mol. The van der Waals surface area contributed by atoms with Crippen molar-refractivity contribution in [2.24, 2.45) is 4.36 Å². The Kier molecular flexibility index (Phi) is 3.38. The zero-order valence-corrected chi connectivity index (χ0v) is 9.56. The van der Waals surface area contributed by atoms with E-state index in [2.05, 4.69) is 4.36 Å². The molecule has 1 rings (SSSR count). The lowest BCUT2D eigenvalue weighted by Gasteiger charge is -1.96. The molecule has 0 bridgehead atoms. The first-order chi connectivity index (χ1) is 7.29. The Morgan fingerprint density at radius 3 is 2.19 bits per heavy atom. The zero-order valence-electron chi connectivity index (χ0n) is 8.75. The van der Waals surface area contributed by atoms with E-state index in [9.17, 15) is 19.1 Å². The van der Waals surface area contributed by atoms with Crippen molar-refractivity contribution >= 4 is 21.3 Å². The predicted octanol–water partition coefficient (Wildman–Crippen LogP) is 1.46. The van der Waals surface area contributed by atoms with Crippen molar-refractivity contribution in [3.63, 3.8) is 0 Å². The van der Waals surface area contributed by atoms with Crippen molar-refractivity contribution in [3.05, 3.63) is 39.9 Å². The van der Waals surface area contributed by atoms with E-state index < -0.39 is 20.6 Å². The highest BCUT2D eigenvalue weighted by atomic mass is 32.2. The molecule has 0 fully saturated rings. The average molecular weight is 242 g/mol. The molecule has 0 saturated heterocycles. The van der Waals surface area contributed by atoms with Gasteiger partial charge in [-0.1, -0.05) is 0 Å². The number of benzene rings is 1. The molecule has 1 aromatic rings. The van der Waals surface area contributed by atoms with E-state index in [0.717, 1.165) is 0 Å². The van der Waals surface area contributed by atoms with Gasteiger partial charge in [0.15, 0.2) is 0 Å². The van der Waals surface area contributed by atoms with E-state index >= 15 is 0 Å². The fraction of sp³-hybridized carbons (Fsp3) is 0.222. The second-order valence-corrected chi connectivity index (χ2v) is 5.93. The first-order valence-electron chi connectivity index (χ1n) is 4.25. The van der Waals surface area contributed by atoms with Crippen molar-refractivity contribution in [2.45, 2.75) is 0 Å². The highest BCUT2D eigenvalue weighted by Crippen LogP contribution is 2.12. The maximum absolute atomic E-state index is 11.4. The summed E-state index contributed by atoms with van der Waals surface area (Å²) in [6.45, 7) is 0. The monoisotopic (exact) mass is 242 g/mol. The second-order valence-electron chi connectivity index (χ2n) is 3.38. The molecule has 0 saturated carbocycles. The average Bonchev–Trinajstić information content (AvgIpc) is 2.15. The van der Waals surface area contributed by atoms with Gasteiger partial charge in [-0.2, -0.15) is 4.36 Å². The van der Waals surface area contributed by atoms with Gasteiger partial charge in [-0.3, -0.25) is 14.9 Å². The summed E-state index contributed by atoms with van der Waals surface area (Å²) >= 11 is 0. The number of rotatable bonds is 2. The minimum Gasteiger partial charge on any atom is -0.266 e. The van der Waals surface area contributed by atoms with Crippen LogP contribution in [0.2, 0.25) is 0 Å². The van der Waals surface area contributed by atoms with Crippen LogP contribution < -0.4 is 0 Å². The third-order valence-corrected chi connectivity index (χ3v) is 2.23. The minimum atomic E-state index is -2.51. The molecule has 0 spiro atoms. The van der Waals surface area contributed by atoms with Gasteiger partial charge in [-0.25, -0.2) is 4.21 Å². The van der Waals surface area contributed by atoms with Crippen LogP contribution in [0.15, 0.2) is 28.6 Å². The third kappa shape index (κ3) is 3.43. The van der Waals surface area contributed by atoms with Gasteiger partial charge in [-0.15, -0.1) is 0 Å². The van der Waals surface area contributed by atoms with E-state index in [1.807, 2.05) is 0 Å². The minimum absolute atomic E-state index is 0.106. The van der Waals surface area contributed by atoms with Crippen LogP contribution in [0.25, 0.3) is 0 Å². The lowest BCUT2D eigenvalue weighted by Crippen LogP contribution is -2.01. The summed E-state index contributed by atoms with van der Waals surface area (Å²) in [7, 11) is -2.51. The molecule has 1 amide bonds. The molecule has 0 radical (unpaired) electrons. The molecule has 86 valence electrons. The van der Waals surface area contributed by atoms with Crippen molar-refractivity contribution in [1.29, 1.82) is 0 Å². The highest BCUT2D eigenvalue weighted by molar-refractivity contribution is 7.92. The highest BCUT2D eigenvalue weighted by Gasteiger charge is 2.09. The molecule has 0 aliphatic rings. The summed E-state index contributed by atoms with van der Waals surface area (Å²) in [4.78, 5) is 21.2. The van der Waals surface area contributed by atoms with Crippen LogP contribution in [0, 0.1) is 10.1 Å². The molecular formula is C9H10N2O4S. The number of non-ortho nitro benzene ring substituents is 1. The number of nitro benzene ring substituents is 1. The van der Waals surface area contributed by atoms with Crippen LogP contribution in [0.5, 0.6) is 0 Å². The van der Waals surface area contributed by atoms with Crippen molar-refractivity contribution in [1.82, 2.24) is 0 Å². The largest absolute Gasteiger partial charge is 0.285 e. The van der Waals surface area contributed by atoms with E-state index in [-0.39, 0.29) is 11.3 Å². The summed E-state index contributed by atoms with van der Waals surface area (Å²) in [6, 6.07) is 4.98. The maximum Gasteiger partial charge on any atom is 0.285 e. The summed E-state index contributed by atoms with van der Waals surface area (Å²) in [6.07, 6.45) is 2.69. The van der Waals surface area contributed by atoms with Crippen LogP contribution in [0.1, 0.15) is 10.4 Å². The van der Waals surface area contributed by atoms with Gasteiger partial charge in [0.05, 0.1) is 4.92 Å². The molecule has 0 N–H and O–H groups in total. The topological polar surface area (TPSA) is 89.6 Å². The van der Waals surface area contributed by atoms with Crippen LogP contribution >= 0.6 is 0 Å². The summed E-state index contributed by atoms with van der Waals surface area (Å²) in [5.74, 6) is -0.634. The second kappa shape index (κ2) is 4.40. The predicted molar refractivity (Wildman–Crippen MR) is 59.8 cm³/mol. The normalized spacial score (nSPS) is 10.9. The first kappa shape index (κ1) is 12.3. The van der Waals surface area contributed by atoms with Crippen molar-refractivity contribution in [3.8, 4) is 0 Å². The van der Waals surface area contributed by atoms with E-state index in [4.69, 9.17) is 0 Å². The van der Waals surface area contributed by atoms with E-state index in [0.29, 0.717) is 0 Å². The fourth-order valence-corrected chi connectivity index (χ4v) is 1.48. The van der Waals surface area contributed by atoms with Crippen molar-refractivity contribution in [2.75, 3.05) is 12.5 Å². The maximum atomic E-state index is 11.4. The van der Waals surface area contributed by atoms with Crippen LogP contribution in [-0.4, -0.2) is 27.6 Å². The number of hydrogen-bond donors (Lipinski definition) is 0. The molecule has 0 aliphatic heterocycles. The number of hydrogen-bond acceptors (Lipinski definition) is 4. The molecule has 6 nitrogen and oxygen atoms in total. The Morgan fingerprint density at radius 1 is 1.31 bits per heavy atom. The molecule has 0 heterocycles. The Balaban J connectivity index is 3.04. The van der Waals surface area contributed by atoms with Crippen LogP contribution in [0.3, 0.4) is 0 Å². The van der Waals surface area contributed by atoms with E-state index in [1.165, 1.54) is 36.8 Å². The SMILES string of the molecule is CS(C)(=O)=NC(=O)c1ccc([N+](=O)[O-])cc1. The van der Waals surface area contributed by atoms with Gasteiger partial charge in [0.1, 0.15) is 0 Å². The standard InChI is InChI=1S/C9H10N2O4S/c1-16(2,15)10-9(12)7-3-5-8(6-4-7)11(13)14/h3-6H,1-2H3. The van der Waals surface area contributed by atoms with Gasteiger partial charge in [0.25, 0.3) is 11.6 Å². The summed E-state index contributed by atoms with van der Waals surface area (Å²) < 4.78 is 14.7. The number of nitrogens with zero attached hydrogens (tertiary/aromatic N) is 2. The van der Waals surface area contributed by atoms with Gasteiger partial charge in [0.2, 0.25) is 0 Å². The van der Waals surface area contributed by atoms with Gasteiger partial charge < -0.3 is 0 Å². The number of amides is 1. The third-order valence-electron chi connectivity index (χ3n) is 1.63. The van der Waals surface area contributed by atoms with Crippen molar-refractivity contribution < 1.29 is 13.9 Å². The molecule has 0 unspecified atom stereocenters. The molecule has 16 heavy (non-hydrogen) atoms. The Bertz CT molecular complexity index is 533.